The maximum absolute atomic E-state index is 5.64. The maximum atomic E-state index is 5.64. The minimum Gasteiger partial charge on any atom is -0.379 e. The number of hydrogen-bond acceptors (Lipinski definition) is 5. The normalized spacial score (nSPS) is 28.7. The van der Waals surface area contributed by atoms with Gasteiger partial charge in [0.05, 0.1) is 13.2 Å². The average Bonchev–Trinajstić information content (AvgIpc) is 3.02. The van der Waals surface area contributed by atoms with Gasteiger partial charge in [0.25, 0.3) is 0 Å². The van der Waals surface area contributed by atoms with E-state index in [4.69, 9.17) is 4.74 Å². The van der Waals surface area contributed by atoms with Crippen molar-refractivity contribution in [3.05, 3.63) is 23.9 Å². The Hall–Kier alpha value is -1.17. The summed E-state index contributed by atoms with van der Waals surface area (Å²) in [5.74, 6) is 1.69. The van der Waals surface area contributed by atoms with E-state index in [1.807, 2.05) is 25.2 Å². The second kappa shape index (κ2) is 7.40. The molecule has 22 heavy (non-hydrogen) atoms. The Morgan fingerprint density at radius 2 is 2.27 bits per heavy atom. The zero-order valence-corrected chi connectivity index (χ0v) is 13.7. The Bertz CT molecular complexity index is 456. The van der Waals surface area contributed by atoms with Crippen LogP contribution in [0.15, 0.2) is 18.3 Å². The maximum Gasteiger partial charge on any atom is 0.127 e. The molecule has 1 aromatic rings. The fourth-order valence-corrected chi connectivity index (χ4v) is 3.62. The molecule has 2 fully saturated rings. The molecule has 0 spiro atoms. The first-order valence-electron chi connectivity index (χ1n) is 8.41. The van der Waals surface area contributed by atoms with Gasteiger partial charge in [0, 0.05) is 45.5 Å². The lowest BCUT2D eigenvalue weighted by atomic mass is 9.94. The second-order valence-electron chi connectivity index (χ2n) is 6.64. The molecule has 2 N–H and O–H groups in total. The zero-order chi connectivity index (χ0) is 15.4. The van der Waals surface area contributed by atoms with Gasteiger partial charge in [-0.1, -0.05) is 12.5 Å². The third-order valence-electron chi connectivity index (χ3n) is 4.87. The van der Waals surface area contributed by atoms with Crippen LogP contribution in [0.3, 0.4) is 0 Å². The quantitative estimate of drug-likeness (QED) is 0.861. The molecule has 3 rings (SSSR count). The predicted molar refractivity (Wildman–Crippen MR) is 89.1 cm³/mol. The highest BCUT2D eigenvalue weighted by molar-refractivity contribution is 5.37. The van der Waals surface area contributed by atoms with E-state index in [-0.39, 0.29) is 0 Å². The van der Waals surface area contributed by atoms with E-state index in [1.54, 1.807) is 0 Å². The van der Waals surface area contributed by atoms with E-state index in [0.717, 1.165) is 32.1 Å². The number of rotatable bonds is 5. The topological polar surface area (TPSA) is 49.4 Å². The molecule has 2 aliphatic rings. The molecule has 1 aliphatic heterocycles. The highest BCUT2D eigenvalue weighted by atomic mass is 16.5. The summed E-state index contributed by atoms with van der Waals surface area (Å²) < 4.78 is 5.64. The summed E-state index contributed by atoms with van der Waals surface area (Å²) in [6, 6.07) is 5.36. The van der Waals surface area contributed by atoms with Gasteiger partial charge in [-0.2, -0.15) is 0 Å². The summed E-state index contributed by atoms with van der Waals surface area (Å²) in [6.07, 6.45) is 5.87. The Kier molecular flexibility index (Phi) is 5.28. The van der Waals surface area contributed by atoms with Crippen LogP contribution in [0.25, 0.3) is 0 Å². The summed E-state index contributed by atoms with van der Waals surface area (Å²) in [6.45, 7) is 3.60. The Balaban J connectivity index is 1.53. The molecular weight excluding hydrogens is 276 g/mol. The lowest BCUT2D eigenvalue weighted by Crippen LogP contribution is -2.50. The Labute approximate surface area is 133 Å². The van der Waals surface area contributed by atoms with Crippen LogP contribution in [-0.2, 0) is 11.3 Å². The number of aromatic nitrogens is 1. The summed E-state index contributed by atoms with van der Waals surface area (Å²) in [4.78, 5) is 6.51. The van der Waals surface area contributed by atoms with E-state index in [1.165, 1.54) is 24.8 Å². The van der Waals surface area contributed by atoms with Crippen molar-refractivity contribution in [2.75, 3.05) is 38.8 Å². The second-order valence-corrected chi connectivity index (χ2v) is 6.64. The van der Waals surface area contributed by atoms with Crippen molar-refractivity contribution >= 4 is 5.82 Å². The number of pyridine rings is 1. The highest BCUT2D eigenvalue weighted by Gasteiger charge is 2.34. The summed E-state index contributed by atoms with van der Waals surface area (Å²) >= 11 is 0. The predicted octanol–water partition coefficient (Wildman–Crippen LogP) is 1.39. The molecule has 0 radical (unpaired) electrons. The number of morpholine rings is 1. The lowest BCUT2D eigenvalue weighted by molar-refractivity contribution is 0.0524. The van der Waals surface area contributed by atoms with Gasteiger partial charge in [-0.25, -0.2) is 4.98 Å². The number of hydrogen-bond donors (Lipinski definition) is 2. The van der Waals surface area contributed by atoms with Gasteiger partial charge >= 0.3 is 0 Å². The van der Waals surface area contributed by atoms with Crippen LogP contribution in [0.2, 0.25) is 0 Å². The van der Waals surface area contributed by atoms with Crippen LogP contribution in [-0.4, -0.2) is 50.9 Å². The summed E-state index contributed by atoms with van der Waals surface area (Å²) in [5, 5.41) is 7.37. The fraction of sp³-hybridized carbons (Fsp3) is 0.706. The number of anilines is 1. The summed E-state index contributed by atoms with van der Waals surface area (Å²) in [5.41, 5.74) is 1.25. The lowest BCUT2D eigenvalue weighted by Gasteiger charge is -2.33. The van der Waals surface area contributed by atoms with Gasteiger partial charge in [-0.3, -0.25) is 0 Å². The van der Waals surface area contributed by atoms with Gasteiger partial charge in [0.15, 0.2) is 0 Å². The van der Waals surface area contributed by atoms with Crippen LogP contribution < -0.4 is 15.5 Å². The molecule has 5 nitrogen and oxygen atoms in total. The molecular formula is C17H28N4O. The van der Waals surface area contributed by atoms with Gasteiger partial charge in [-0.05, 0) is 30.4 Å². The molecule has 3 atom stereocenters. The number of nitrogens with zero attached hydrogens (tertiary/aromatic N) is 2. The zero-order valence-electron chi connectivity index (χ0n) is 13.7. The van der Waals surface area contributed by atoms with Crippen molar-refractivity contribution in [1.29, 1.82) is 0 Å². The smallest absolute Gasteiger partial charge is 0.127 e. The van der Waals surface area contributed by atoms with E-state index < -0.39 is 0 Å². The third-order valence-corrected chi connectivity index (χ3v) is 4.87. The molecule has 3 unspecified atom stereocenters. The van der Waals surface area contributed by atoms with Crippen molar-refractivity contribution < 1.29 is 4.74 Å². The van der Waals surface area contributed by atoms with Crippen molar-refractivity contribution in [1.82, 2.24) is 15.6 Å². The van der Waals surface area contributed by atoms with E-state index in [2.05, 4.69) is 27.8 Å². The van der Waals surface area contributed by atoms with E-state index in [9.17, 15) is 0 Å². The van der Waals surface area contributed by atoms with Gasteiger partial charge in [0.2, 0.25) is 0 Å². The molecule has 0 amide bonds. The van der Waals surface area contributed by atoms with Crippen molar-refractivity contribution in [2.45, 2.75) is 37.9 Å². The molecule has 122 valence electrons. The molecule has 1 saturated heterocycles. The first-order valence-corrected chi connectivity index (χ1v) is 8.41. The van der Waals surface area contributed by atoms with Crippen LogP contribution in [0, 0.1) is 5.92 Å². The standard InChI is InChI=1S/C17H28N4O/c1-21(2)17-7-6-13(11-20-17)10-19-15-5-3-4-14(15)16-12-22-9-8-18-16/h6-7,11,14-16,18-19H,3-5,8-10,12H2,1-2H3. The Morgan fingerprint density at radius 1 is 1.36 bits per heavy atom. The molecule has 1 aliphatic carbocycles. The van der Waals surface area contributed by atoms with E-state index >= 15 is 0 Å². The third kappa shape index (κ3) is 3.77. The van der Waals surface area contributed by atoms with Gasteiger partial charge in [-0.15, -0.1) is 0 Å². The van der Waals surface area contributed by atoms with Crippen molar-refractivity contribution in [3.8, 4) is 0 Å². The number of ether oxygens (including phenoxy) is 1. The highest BCUT2D eigenvalue weighted by Crippen LogP contribution is 2.29. The SMILES string of the molecule is CN(C)c1ccc(CNC2CCCC2C2COCCN2)cn1. The Morgan fingerprint density at radius 3 is 2.95 bits per heavy atom. The molecule has 0 bridgehead atoms. The monoisotopic (exact) mass is 304 g/mol. The van der Waals surface area contributed by atoms with Crippen LogP contribution >= 0.6 is 0 Å². The van der Waals surface area contributed by atoms with Gasteiger partial charge in [0.1, 0.15) is 5.82 Å². The number of nitrogens with one attached hydrogen (secondary N) is 2. The fourth-order valence-electron chi connectivity index (χ4n) is 3.62. The van der Waals surface area contributed by atoms with Crippen molar-refractivity contribution in [3.63, 3.8) is 0 Å². The van der Waals surface area contributed by atoms with Crippen LogP contribution in [0.5, 0.6) is 0 Å². The molecule has 5 heteroatoms. The minimum atomic E-state index is 0.517. The van der Waals surface area contributed by atoms with E-state index in [0.29, 0.717) is 18.0 Å². The van der Waals surface area contributed by atoms with Crippen LogP contribution in [0.4, 0.5) is 5.82 Å². The molecule has 0 aromatic carbocycles. The largest absolute Gasteiger partial charge is 0.379 e. The first kappa shape index (κ1) is 15.7. The summed E-state index contributed by atoms with van der Waals surface area (Å²) in [7, 11) is 4.03. The van der Waals surface area contributed by atoms with Crippen molar-refractivity contribution in [2.24, 2.45) is 5.92 Å². The first-order chi connectivity index (χ1) is 10.7. The molecule has 1 aromatic heterocycles. The average molecular weight is 304 g/mol. The minimum absolute atomic E-state index is 0.517. The van der Waals surface area contributed by atoms with Crippen LogP contribution in [0.1, 0.15) is 24.8 Å². The molecule has 1 saturated carbocycles. The molecule has 2 heterocycles. The van der Waals surface area contributed by atoms with Gasteiger partial charge < -0.3 is 20.3 Å².